The zero-order chi connectivity index (χ0) is 30.9. The lowest BCUT2D eigenvalue weighted by atomic mass is 9.93. The van der Waals surface area contributed by atoms with Gasteiger partial charge in [-0.25, -0.2) is 4.98 Å². The first-order valence-electron chi connectivity index (χ1n) is 15.8. The summed E-state index contributed by atoms with van der Waals surface area (Å²) in [6.45, 7) is 0. The van der Waals surface area contributed by atoms with E-state index in [0.717, 1.165) is 50.0 Å². The molecule has 0 saturated heterocycles. The van der Waals surface area contributed by atoms with Crippen molar-refractivity contribution in [1.82, 2.24) is 9.55 Å². The van der Waals surface area contributed by atoms with Gasteiger partial charge in [-0.1, -0.05) is 91.0 Å². The van der Waals surface area contributed by atoms with Crippen LogP contribution in [0.25, 0.3) is 92.5 Å². The Balaban J connectivity index is 1.21. The molecule has 220 valence electrons. The van der Waals surface area contributed by atoms with Crippen molar-refractivity contribution in [3.05, 3.63) is 158 Å². The number of aromatic nitrogens is 2. The van der Waals surface area contributed by atoms with Crippen LogP contribution in [0.4, 0.5) is 0 Å². The van der Waals surface area contributed by atoms with E-state index in [9.17, 15) is 0 Å². The second kappa shape index (κ2) is 10.3. The second-order valence-corrected chi connectivity index (χ2v) is 13.1. The maximum Gasteiger partial charge on any atom is 0.145 e. The Morgan fingerprint density at radius 1 is 0.489 bits per heavy atom. The van der Waals surface area contributed by atoms with Gasteiger partial charge < -0.3 is 4.42 Å². The van der Waals surface area contributed by atoms with Gasteiger partial charge in [0.2, 0.25) is 0 Å². The Kier molecular flexibility index (Phi) is 5.74. The maximum absolute atomic E-state index is 6.16. The zero-order valence-corrected chi connectivity index (χ0v) is 26.0. The topological polar surface area (TPSA) is 31.0 Å². The van der Waals surface area contributed by atoms with Gasteiger partial charge in [0, 0.05) is 42.2 Å². The van der Waals surface area contributed by atoms with Crippen LogP contribution in [0.5, 0.6) is 0 Å². The summed E-state index contributed by atoms with van der Waals surface area (Å²) in [6, 6.07) is 56.1. The lowest BCUT2D eigenvalue weighted by Crippen LogP contribution is -1.97. The number of nitrogens with zero attached hydrogens (tertiary/aromatic N) is 2. The van der Waals surface area contributed by atoms with Crippen LogP contribution >= 0.6 is 11.3 Å². The number of thiophene rings is 1. The minimum atomic E-state index is 0.909. The van der Waals surface area contributed by atoms with E-state index < -0.39 is 0 Å². The molecule has 47 heavy (non-hydrogen) atoms. The highest BCUT2D eigenvalue weighted by atomic mass is 32.1. The van der Waals surface area contributed by atoms with Crippen molar-refractivity contribution in [1.29, 1.82) is 0 Å². The molecule has 3 heterocycles. The molecular formula is C43H26N2OS. The largest absolute Gasteiger partial charge is 0.456 e. The highest BCUT2D eigenvalue weighted by Gasteiger charge is 2.18. The summed E-state index contributed by atoms with van der Waals surface area (Å²) in [5.74, 6) is 0.930. The normalized spacial score (nSPS) is 11.8. The molecular weight excluding hydrogens is 593 g/mol. The Hall–Kier alpha value is -5.97. The molecule has 10 aromatic rings. The number of fused-ring (bicyclic) bond motifs is 7. The van der Waals surface area contributed by atoms with Crippen molar-refractivity contribution < 1.29 is 4.42 Å². The second-order valence-electron chi connectivity index (χ2n) is 12.0. The van der Waals surface area contributed by atoms with Gasteiger partial charge >= 0.3 is 0 Å². The lowest BCUT2D eigenvalue weighted by molar-refractivity contribution is 0.669. The molecule has 0 fully saturated rings. The molecule has 0 radical (unpaired) electrons. The Morgan fingerprint density at radius 2 is 1.26 bits per heavy atom. The molecule has 0 saturated carbocycles. The Labute approximate surface area is 274 Å². The van der Waals surface area contributed by atoms with Crippen molar-refractivity contribution in [2.75, 3.05) is 0 Å². The standard InChI is InChI=1S/C43H26N2OS/c1-2-13-31(14-3-1)45-37-18-7-6-17-36(37)44-43(45)29-12-10-11-28(23-29)34-25-30(26-41-42(34)33-16-5-9-20-40(33)47-41)27-21-22-39-35(24-27)32-15-4-8-19-38(32)46-39/h1-26H. The molecule has 0 bridgehead atoms. The molecule has 0 aliphatic rings. The van der Waals surface area contributed by atoms with Gasteiger partial charge in [-0.05, 0) is 89.0 Å². The third kappa shape index (κ3) is 4.16. The maximum atomic E-state index is 6.16. The summed E-state index contributed by atoms with van der Waals surface area (Å²) in [6.07, 6.45) is 0. The van der Waals surface area contributed by atoms with E-state index in [2.05, 4.69) is 150 Å². The van der Waals surface area contributed by atoms with E-state index in [0.29, 0.717) is 0 Å². The number of furan rings is 1. The van der Waals surface area contributed by atoms with Crippen molar-refractivity contribution in [2.24, 2.45) is 0 Å². The summed E-state index contributed by atoms with van der Waals surface area (Å²) in [5.41, 5.74) is 10.8. The molecule has 3 nitrogen and oxygen atoms in total. The van der Waals surface area contributed by atoms with E-state index in [1.807, 2.05) is 23.5 Å². The van der Waals surface area contributed by atoms with Crippen LogP contribution in [-0.4, -0.2) is 9.55 Å². The summed E-state index contributed by atoms with van der Waals surface area (Å²) in [5, 5.41) is 4.85. The molecule has 0 unspecified atom stereocenters. The van der Waals surface area contributed by atoms with E-state index in [1.165, 1.54) is 42.4 Å². The van der Waals surface area contributed by atoms with Crippen LogP contribution in [0.2, 0.25) is 0 Å². The molecule has 4 heteroatoms. The van der Waals surface area contributed by atoms with Gasteiger partial charge in [0.1, 0.15) is 17.0 Å². The molecule has 3 aromatic heterocycles. The van der Waals surface area contributed by atoms with Crippen molar-refractivity contribution in [3.8, 4) is 39.3 Å². The van der Waals surface area contributed by atoms with Gasteiger partial charge in [0.15, 0.2) is 0 Å². The Morgan fingerprint density at radius 3 is 2.19 bits per heavy atom. The third-order valence-electron chi connectivity index (χ3n) is 9.20. The number of rotatable bonds is 4. The van der Waals surface area contributed by atoms with Crippen molar-refractivity contribution >= 4 is 64.5 Å². The average Bonchev–Trinajstić information content (AvgIpc) is 3.83. The van der Waals surface area contributed by atoms with Crippen LogP contribution in [0.1, 0.15) is 0 Å². The fourth-order valence-electron chi connectivity index (χ4n) is 7.04. The third-order valence-corrected chi connectivity index (χ3v) is 10.3. The molecule has 0 amide bonds. The number of imidazole rings is 1. The Bertz CT molecular complexity index is 2800. The average molecular weight is 619 g/mol. The minimum absolute atomic E-state index is 0.909. The van der Waals surface area contributed by atoms with Crippen molar-refractivity contribution in [3.63, 3.8) is 0 Å². The SMILES string of the molecule is c1ccc(-n2c(-c3cccc(-c4cc(-c5ccc6oc7ccccc7c6c5)cc5sc6ccccc6c45)c3)nc3ccccc32)cc1. The molecule has 10 rings (SSSR count). The van der Waals surface area contributed by atoms with Gasteiger partial charge in [-0.2, -0.15) is 0 Å². The first-order chi connectivity index (χ1) is 23.3. The highest BCUT2D eigenvalue weighted by molar-refractivity contribution is 7.26. The molecule has 0 aliphatic heterocycles. The number of hydrogen-bond acceptors (Lipinski definition) is 3. The first-order valence-corrected chi connectivity index (χ1v) is 16.6. The van der Waals surface area contributed by atoms with E-state index in [1.54, 1.807) is 0 Å². The minimum Gasteiger partial charge on any atom is -0.456 e. The monoisotopic (exact) mass is 618 g/mol. The van der Waals surface area contributed by atoms with Gasteiger partial charge in [-0.3, -0.25) is 4.57 Å². The summed E-state index contributed by atoms with van der Waals surface area (Å²) in [7, 11) is 0. The predicted molar refractivity (Wildman–Crippen MR) is 198 cm³/mol. The van der Waals surface area contributed by atoms with Crippen LogP contribution in [-0.2, 0) is 0 Å². The smallest absolute Gasteiger partial charge is 0.145 e. The van der Waals surface area contributed by atoms with Crippen LogP contribution in [0.15, 0.2) is 162 Å². The summed E-state index contributed by atoms with van der Waals surface area (Å²) >= 11 is 1.86. The van der Waals surface area contributed by atoms with E-state index in [-0.39, 0.29) is 0 Å². The summed E-state index contributed by atoms with van der Waals surface area (Å²) in [4.78, 5) is 5.17. The fraction of sp³-hybridized carbons (Fsp3) is 0. The van der Waals surface area contributed by atoms with Crippen molar-refractivity contribution in [2.45, 2.75) is 0 Å². The molecule has 0 N–H and O–H groups in total. The fourth-order valence-corrected chi connectivity index (χ4v) is 8.21. The van der Waals surface area contributed by atoms with Crippen LogP contribution < -0.4 is 0 Å². The van der Waals surface area contributed by atoms with E-state index in [4.69, 9.17) is 9.40 Å². The first kappa shape index (κ1) is 26.3. The van der Waals surface area contributed by atoms with Gasteiger partial charge in [0.25, 0.3) is 0 Å². The number of benzene rings is 7. The lowest BCUT2D eigenvalue weighted by Gasteiger charge is -2.13. The van der Waals surface area contributed by atoms with Gasteiger partial charge in [-0.15, -0.1) is 11.3 Å². The predicted octanol–water partition coefficient (Wildman–Crippen LogP) is 12.3. The highest BCUT2D eigenvalue weighted by Crippen LogP contribution is 2.44. The molecule has 0 spiro atoms. The van der Waals surface area contributed by atoms with Crippen LogP contribution in [0, 0.1) is 0 Å². The quantitative estimate of drug-likeness (QED) is 0.196. The molecule has 0 atom stereocenters. The zero-order valence-electron chi connectivity index (χ0n) is 25.2. The molecule has 0 aliphatic carbocycles. The van der Waals surface area contributed by atoms with Gasteiger partial charge in [0.05, 0.1) is 11.0 Å². The van der Waals surface area contributed by atoms with E-state index >= 15 is 0 Å². The van der Waals surface area contributed by atoms with Crippen LogP contribution in [0.3, 0.4) is 0 Å². The number of hydrogen-bond donors (Lipinski definition) is 0. The molecule has 7 aromatic carbocycles. The summed E-state index contributed by atoms with van der Waals surface area (Å²) < 4.78 is 11.0. The number of para-hydroxylation sites is 4.